The monoisotopic (exact) mass is 227 g/mol. The minimum atomic E-state index is -1.66. The van der Waals surface area contributed by atoms with Crippen LogP contribution in [0.5, 0.6) is 0 Å². The van der Waals surface area contributed by atoms with Crippen molar-refractivity contribution in [2.45, 2.75) is 25.1 Å². The van der Waals surface area contributed by atoms with Crippen LogP contribution < -0.4 is 10.6 Å². The normalized spacial score (nSPS) is 30.4. The third kappa shape index (κ3) is 2.04. The summed E-state index contributed by atoms with van der Waals surface area (Å²) in [6.45, 7) is 1.90. The fraction of sp³-hybridized carbons (Fsp3) is 0.667. The van der Waals surface area contributed by atoms with Crippen LogP contribution in [0.1, 0.15) is 13.3 Å². The number of nitrogen functional groups attached to an aromatic ring is 1. The number of rotatable bonds is 1. The van der Waals surface area contributed by atoms with Crippen molar-refractivity contribution in [3.05, 3.63) is 6.20 Å². The van der Waals surface area contributed by atoms with E-state index in [1.165, 1.54) is 13.1 Å². The Morgan fingerprint density at radius 2 is 2.44 bits per heavy atom. The molecule has 6 nitrogen and oxygen atoms in total. The van der Waals surface area contributed by atoms with Crippen molar-refractivity contribution in [3.63, 3.8) is 0 Å². The summed E-state index contributed by atoms with van der Waals surface area (Å²) >= 11 is 0. The predicted molar refractivity (Wildman–Crippen MR) is 56.6 cm³/mol. The molecule has 0 radical (unpaired) electrons. The highest BCUT2D eigenvalue weighted by atomic mass is 19.1. The van der Waals surface area contributed by atoms with Gasteiger partial charge in [0.2, 0.25) is 5.95 Å². The number of aromatic nitrogens is 3. The maximum Gasteiger partial charge on any atom is 0.247 e. The fourth-order valence-electron chi connectivity index (χ4n) is 1.75. The second-order valence-electron chi connectivity index (χ2n) is 4.19. The lowest BCUT2D eigenvalue weighted by molar-refractivity contribution is -0.00863. The Kier molecular flexibility index (Phi) is 2.63. The van der Waals surface area contributed by atoms with E-state index in [0.717, 1.165) is 0 Å². The molecular weight excluding hydrogens is 213 g/mol. The van der Waals surface area contributed by atoms with Gasteiger partial charge in [0, 0.05) is 6.54 Å². The average molecular weight is 227 g/mol. The SMILES string of the molecule is CC1(F)CN(c2nncc(N)n2)CCC1O. The van der Waals surface area contributed by atoms with Crippen LogP contribution in [0.2, 0.25) is 0 Å². The highest BCUT2D eigenvalue weighted by Gasteiger charge is 2.39. The molecule has 0 amide bonds. The molecule has 7 heteroatoms. The molecule has 2 heterocycles. The summed E-state index contributed by atoms with van der Waals surface area (Å²) in [5, 5.41) is 16.9. The smallest absolute Gasteiger partial charge is 0.247 e. The molecule has 1 fully saturated rings. The van der Waals surface area contributed by atoms with Crippen molar-refractivity contribution in [2.75, 3.05) is 23.7 Å². The summed E-state index contributed by atoms with van der Waals surface area (Å²) in [5.41, 5.74) is 3.82. The van der Waals surface area contributed by atoms with Gasteiger partial charge in [0.25, 0.3) is 0 Å². The van der Waals surface area contributed by atoms with E-state index in [0.29, 0.717) is 18.9 Å². The van der Waals surface area contributed by atoms with E-state index in [1.54, 1.807) is 4.90 Å². The van der Waals surface area contributed by atoms with Crippen molar-refractivity contribution in [1.29, 1.82) is 0 Å². The summed E-state index contributed by atoms with van der Waals surface area (Å²) in [6.07, 6.45) is 0.722. The first-order valence-electron chi connectivity index (χ1n) is 5.06. The Balaban J connectivity index is 2.18. The van der Waals surface area contributed by atoms with Crippen molar-refractivity contribution in [3.8, 4) is 0 Å². The van der Waals surface area contributed by atoms with Gasteiger partial charge in [0.15, 0.2) is 5.67 Å². The lowest BCUT2D eigenvalue weighted by Crippen LogP contribution is -2.53. The standard InChI is InChI=1S/C9H14FN5O/c1-9(10)5-15(3-2-6(9)16)8-13-7(11)4-12-14-8/h4,6,16H,2-3,5H2,1H3,(H2,11,13,14). The molecule has 0 saturated carbocycles. The molecular formula is C9H14FN5O. The van der Waals surface area contributed by atoms with E-state index in [-0.39, 0.29) is 12.4 Å². The molecule has 1 saturated heterocycles. The van der Waals surface area contributed by atoms with Gasteiger partial charge in [-0.15, -0.1) is 5.10 Å². The Labute approximate surface area is 92.3 Å². The predicted octanol–water partition coefficient (Wildman–Crippen LogP) is -0.247. The van der Waals surface area contributed by atoms with Gasteiger partial charge in [-0.05, 0) is 13.3 Å². The third-order valence-corrected chi connectivity index (χ3v) is 2.72. The molecule has 16 heavy (non-hydrogen) atoms. The maximum atomic E-state index is 13.9. The number of anilines is 2. The van der Waals surface area contributed by atoms with E-state index >= 15 is 0 Å². The Morgan fingerprint density at radius 1 is 1.69 bits per heavy atom. The van der Waals surface area contributed by atoms with E-state index in [9.17, 15) is 9.50 Å². The number of hydrogen-bond acceptors (Lipinski definition) is 6. The highest BCUT2D eigenvalue weighted by Crippen LogP contribution is 2.27. The molecule has 1 aliphatic rings. The van der Waals surface area contributed by atoms with Crippen molar-refractivity contribution < 1.29 is 9.50 Å². The first kappa shape index (κ1) is 11.0. The van der Waals surface area contributed by atoms with Crippen LogP contribution in [0, 0.1) is 0 Å². The quantitative estimate of drug-likeness (QED) is 0.688. The van der Waals surface area contributed by atoms with Crippen molar-refractivity contribution >= 4 is 11.8 Å². The molecule has 0 aromatic carbocycles. The Morgan fingerprint density at radius 3 is 3.06 bits per heavy atom. The minimum absolute atomic E-state index is 0.0410. The maximum absolute atomic E-state index is 13.9. The highest BCUT2D eigenvalue weighted by molar-refractivity contribution is 5.36. The van der Waals surface area contributed by atoms with Gasteiger partial charge in [0.05, 0.1) is 18.8 Å². The average Bonchev–Trinajstić information content (AvgIpc) is 2.22. The fourth-order valence-corrected chi connectivity index (χ4v) is 1.75. The van der Waals surface area contributed by atoms with Crippen LogP contribution in [0.15, 0.2) is 6.20 Å². The largest absolute Gasteiger partial charge is 0.390 e. The molecule has 2 rings (SSSR count). The lowest BCUT2D eigenvalue weighted by atomic mass is 9.94. The number of piperidine rings is 1. The van der Waals surface area contributed by atoms with Gasteiger partial charge in [-0.3, -0.25) is 0 Å². The zero-order valence-corrected chi connectivity index (χ0v) is 8.97. The molecule has 1 aliphatic heterocycles. The van der Waals surface area contributed by atoms with Gasteiger partial charge >= 0.3 is 0 Å². The van der Waals surface area contributed by atoms with Gasteiger partial charge < -0.3 is 15.7 Å². The van der Waals surface area contributed by atoms with Crippen LogP contribution >= 0.6 is 0 Å². The molecule has 3 N–H and O–H groups in total. The van der Waals surface area contributed by atoms with Gasteiger partial charge in [0.1, 0.15) is 5.82 Å². The molecule has 0 aliphatic carbocycles. The number of alkyl halides is 1. The minimum Gasteiger partial charge on any atom is -0.390 e. The van der Waals surface area contributed by atoms with Crippen LogP contribution in [-0.4, -0.2) is 45.2 Å². The zero-order valence-electron chi connectivity index (χ0n) is 8.97. The molecule has 1 aromatic heterocycles. The molecule has 2 unspecified atom stereocenters. The number of halogens is 1. The molecule has 88 valence electrons. The topological polar surface area (TPSA) is 88.2 Å². The summed E-state index contributed by atoms with van der Waals surface area (Å²) in [7, 11) is 0. The van der Waals surface area contributed by atoms with Crippen LogP contribution in [-0.2, 0) is 0 Å². The molecule has 0 bridgehead atoms. The van der Waals surface area contributed by atoms with Crippen LogP contribution in [0.25, 0.3) is 0 Å². The number of aliphatic hydroxyl groups excluding tert-OH is 1. The summed E-state index contributed by atoms with van der Waals surface area (Å²) < 4.78 is 13.9. The van der Waals surface area contributed by atoms with E-state index < -0.39 is 11.8 Å². The first-order chi connectivity index (χ1) is 7.49. The van der Waals surface area contributed by atoms with E-state index in [2.05, 4.69) is 15.2 Å². The summed E-state index contributed by atoms with van der Waals surface area (Å²) in [5.74, 6) is 0.549. The first-order valence-corrected chi connectivity index (χ1v) is 5.06. The van der Waals surface area contributed by atoms with Crippen molar-refractivity contribution in [1.82, 2.24) is 15.2 Å². The van der Waals surface area contributed by atoms with Gasteiger partial charge in [-0.2, -0.15) is 10.1 Å². The third-order valence-electron chi connectivity index (χ3n) is 2.72. The number of nitrogens with two attached hydrogens (primary N) is 1. The molecule has 1 aromatic rings. The van der Waals surface area contributed by atoms with E-state index in [1.807, 2.05) is 0 Å². The summed E-state index contributed by atoms with van der Waals surface area (Å²) in [6, 6.07) is 0. The van der Waals surface area contributed by atoms with Crippen LogP contribution in [0.3, 0.4) is 0 Å². The Bertz CT molecular complexity index is 386. The zero-order chi connectivity index (χ0) is 11.8. The number of hydrogen-bond donors (Lipinski definition) is 2. The number of aliphatic hydroxyl groups is 1. The lowest BCUT2D eigenvalue weighted by Gasteiger charge is -2.38. The second-order valence-corrected chi connectivity index (χ2v) is 4.19. The van der Waals surface area contributed by atoms with Gasteiger partial charge in [-0.25, -0.2) is 4.39 Å². The Hall–Kier alpha value is -1.50. The van der Waals surface area contributed by atoms with E-state index in [4.69, 9.17) is 5.73 Å². The summed E-state index contributed by atoms with van der Waals surface area (Å²) in [4.78, 5) is 5.60. The molecule has 0 spiro atoms. The number of nitrogens with zero attached hydrogens (tertiary/aromatic N) is 4. The second kappa shape index (κ2) is 3.82. The van der Waals surface area contributed by atoms with Gasteiger partial charge in [-0.1, -0.05) is 0 Å². The van der Waals surface area contributed by atoms with Crippen molar-refractivity contribution in [2.24, 2.45) is 0 Å². The van der Waals surface area contributed by atoms with Crippen LogP contribution in [0.4, 0.5) is 16.2 Å². The molecule has 2 atom stereocenters.